The van der Waals surface area contributed by atoms with Gasteiger partial charge in [-0.2, -0.15) is 0 Å². The summed E-state index contributed by atoms with van der Waals surface area (Å²) in [4.78, 5) is 31.5. The molecule has 166 valence electrons. The van der Waals surface area contributed by atoms with Gasteiger partial charge in [0, 0.05) is 28.6 Å². The summed E-state index contributed by atoms with van der Waals surface area (Å²) < 4.78 is 0. The van der Waals surface area contributed by atoms with Gasteiger partial charge in [0.2, 0.25) is 0 Å². The summed E-state index contributed by atoms with van der Waals surface area (Å²) in [6.45, 7) is 2.10. The highest BCUT2D eigenvalue weighted by Crippen LogP contribution is 2.42. The lowest BCUT2D eigenvalue weighted by molar-refractivity contribution is -0.114. The molecule has 0 spiro atoms. The highest BCUT2D eigenvalue weighted by molar-refractivity contribution is 8.04. The maximum atomic E-state index is 13.5. The zero-order chi connectivity index (χ0) is 22.8. The molecule has 1 fully saturated rings. The summed E-state index contributed by atoms with van der Waals surface area (Å²) in [6.07, 6.45) is 4.04. The van der Waals surface area contributed by atoms with E-state index in [1.807, 2.05) is 83.8 Å². The highest BCUT2D eigenvalue weighted by atomic mass is 35.5. The number of amides is 2. The number of para-hydroxylation sites is 1. The first kappa shape index (κ1) is 21.8. The van der Waals surface area contributed by atoms with E-state index in [0.717, 1.165) is 47.6 Å². The Bertz CT molecular complexity index is 1230. The second-order valence-corrected chi connectivity index (χ2v) is 9.74. The van der Waals surface area contributed by atoms with Crippen molar-refractivity contribution in [1.29, 1.82) is 0 Å². The van der Waals surface area contributed by atoms with E-state index in [1.54, 1.807) is 4.90 Å². The second-order valence-electron chi connectivity index (χ2n) is 8.22. The molecule has 0 radical (unpaired) electrons. The maximum Gasteiger partial charge on any atom is 0.265 e. The number of rotatable bonds is 4. The van der Waals surface area contributed by atoms with E-state index in [9.17, 15) is 9.59 Å². The number of benzene rings is 3. The summed E-state index contributed by atoms with van der Waals surface area (Å²) in [5.74, 6) is 0.0346. The Hall–Kier alpha value is -3.02. The van der Waals surface area contributed by atoms with Crippen LogP contribution in [0.25, 0.3) is 6.08 Å². The zero-order valence-electron chi connectivity index (χ0n) is 18.0. The molecule has 4 nitrogen and oxygen atoms in total. The van der Waals surface area contributed by atoms with Gasteiger partial charge in [-0.1, -0.05) is 59.8 Å². The first-order valence-electron chi connectivity index (χ1n) is 11.0. The quantitative estimate of drug-likeness (QED) is 0.419. The van der Waals surface area contributed by atoms with Gasteiger partial charge < -0.3 is 9.80 Å². The number of carbonyl (C=O) groups is 2. The third-order valence-corrected chi connectivity index (χ3v) is 7.22. The van der Waals surface area contributed by atoms with Gasteiger partial charge in [0.15, 0.2) is 0 Å². The first-order valence-corrected chi connectivity index (χ1v) is 12.2. The third-order valence-electron chi connectivity index (χ3n) is 5.91. The number of anilines is 1. The van der Waals surface area contributed by atoms with E-state index in [4.69, 9.17) is 11.6 Å². The summed E-state index contributed by atoms with van der Waals surface area (Å²) in [6, 6.07) is 23.0. The van der Waals surface area contributed by atoms with Crippen molar-refractivity contribution < 1.29 is 9.59 Å². The number of carbonyl (C=O) groups excluding carboxylic acids is 2. The molecule has 0 N–H and O–H groups in total. The van der Waals surface area contributed by atoms with Gasteiger partial charge in [-0.3, -0.25) is 9.59 Å². The first-order chi connectivity index (χ1) is 16.1. The molecule has 0 aliphatic carbocycles. The normalized spacial score (nSPS) is 16.9. The van der Waals surface area contributed by atoms with Crippen LogP contribution in [0.1, 0.15) is 34.3 Å². The van der Waals surface area contributed by atoms with E-state index in [0.29, 0.717) is 22.0 Å². The van der Waals surface area contributed by atoms with Gasteiger partial charge in [0.1, 0.15) is 0 Å². The van der Waals surface area contributed by atoms with Crippen LogP contribution in [0.4, 0.5) is 5.69 Å². The van der Waals surface area contributed by atoms with Crippen LogP contribution in [-0.2, 0) is 11.3 Å². The van der Waals surface area contributed by atoms with Crippen LogP contribution in [0.3, 0.4) is 0 Å². The largest absolute Gasteiger partial charge is 0.339 e. The lowest BCUT2D eigenvalue weighted by atomic mass is 10.1. The molecule has 2 aliphatic heterocycles. The molecule has 2 amide bonds. The van der Waals surface area contributed by atoms with Gasteiger partial charge >= 0.3 is 0 Å². The van der Waals surface area contributed by atoms with Gasteiger partial charge in [0.05, 0.1) is 17.1 Å². The maximum absolute atomic E-state index is 13.5. The topological polar surface area (TPSA) is 40.6 Å². The number of fused-ring (bicyclic) bond motifs is 1. The van der Waals surface area contributed by atoms with E-state index in [1.165, 1.54) is 11.8 Å². The molecule has 2 aliphatic rings. The molecule has 6 heteroatoms. The van der Waals surface area contributed by atoms with Crippen LogP contribution in [0.2, 0.25) is 5.02 Å². The van der Waals surface area contributed by atoms with Crippen LogP contribution in [0, 0.1) is 0 Å². The second kappa shape index (κ2) is 9.46. The number of thioether (sulfide) groups is 1. The van der Waals surface area contributed by atoms with Crippen LogP contribution in [0.5, 0.6) is 0 Å². The predicted octanol–water partition coefficient (Wildman–Crippen LogP) is 6.26. The van der Waals surface area contributed by atoms with Gasteiger partial charge in [-0.25, -0.2) is 0 Å². The van der Waals surface area contributed by atoms with E-state index >= 15 is 0 Å². The van der Waals surface area contributed by atoms with Crippen molar-refractivity contribution in [3.63, 3.8) is 0 Å². The molecule has 0 bridgehead atoms. The molecule has 0 saturated carbocycles. The van der Waals surface area contributed by atoms with Gasteiger partial charge in [0.25, 0.3) is 11.8 Å². The van der Waals surface area contributed by atoms with Gasteiger partial charge in [-0.15, -0.1) is 0 Å². The Labute approximate surface area is 202 Å². The molecule has 0 aromatic heterocycles. The molecular weight excluding hydrogens is 452 g/mol. The molecule has 3 aromatic carbocycles. The Morgan fingerprint density at radius 3 is 2.48 bits per heavy atom. The summed E-state index contributed by atoms with van der Waals surface area (Å²) >= 11 is 7.64. The van der Waals surface area contributed by atoms with Crippen LogP contribution >= 0.6 is 23.4 Å². The van der Waals surface area contributed by atoms with Crippen molar-refractivity contribution in [3.8, 4) is 0 Å². The lowest BCUT2D eigenvalue weighted by Gasteiger charge is -2.30. The Kier molecular flexibility index (Phi) is 6.25. The number of likely N-dealkylation sites (tertiary alicyclic amines) is 1. The van der Waals surface area contributed by atoms with Crippen LogP contribution in [0.15, 0.2) is 82.6 Å². The number of nitrogens with zero attached hydrogens (tertiary/aromatic N) is 2. The highest BCUT2D eigenvalue weighted by Gasteiger charge is 2.29. The van der Waals surface area contributed by atoms with Crippen LogP contribution < -0.4 is 4.90 Å². The third kappa shape index (κ3) is 4.70. The minimum Gasteiger partial charge on any atom is -0.339 e. The molecular formula is C27H23ClN2O2S. The van der Waals surface area contributed by atoms with Crippen molar-refractivity contribution in [2.75, 3.05) is 18.0 Å². The van der Waals surface area contributed by atoms with Crippen LogP contribution in [-0.4, -0.2) is 29.8 Å². The number of halogens is 1. The smallest absolute Gasteiger partial charge is 0.265 e. The summed E-state index contributed by atoms with van der Waals surface area (Å²) in [5.41, 5.74) is 3.46. The lowest BCUT2D eigenvalue weighted by Crippen LogP contribution is -2.33. The minimum atomic E-state index is -0.0455. The predicted molar refractivity (Wildman–Crippen MR) is 134 cm³/mol. The molecule has 0 atom stereocenters. The molecule has 3 aromatic rings. The monoisotopic (exact) mass is 474 g/mol. The number of hydrogen-bond donors (Lipinski definition) is 0. The SMILES string of the molecule is O=C(c1ccc(C=C2Sc3ccccc3N(Cc3cccc(Cl)c3)C2=O)cc1)N1CCCC1. The average Bonchev–Trinajstić information content (AvgIpc) is 3.37. The van der Waals surface area contributed by atoms with Crippen molar-refractivity contribution in [1.82, 2.24) is 4.90 Å². The van der Waals surface area contributed by atoms with E-state index in [2.05, 4.69) is 0 Å². The Morgan fingerprint density at radius 2 is 1.73 bits per heavy atom. The van der Waals surface area contributed by atoms with E-state index < -0.39 is 0 Å². The fourth-order valence-corrected chi connectivity index (χ4v) is 5.48. The molecule has 2 heterocycles. The van der Waals surface area contributed by atoms with Gasteiger partial charge in [-0.05, 0) is 66.4 Å². The molecule has 33 heavy (non-hydrogen) atoms. The van der Waals surface area contributed by atoms with Crippen molar-refractivity contribution >= 4 is 46.9 Å². The zero-order valence-corrected chi connectivity index (χ0v) is 19.6. The van der Waals surface area contributed by atoms with E-state index in [-0.39, 0.29) is 11.8 Å². The molecule has 1 saturated heterocycles. The Balaban J connectivity index is 1.42. The fraction of sp³-hybridized carbons (Fsp3) is 0.185. The molecule has 0 unspecified atom stereocenters. The van der Waals surface area contributed by atoms with Crippen molar-refractivity contribution in [2.24, 2.45) is 0 Å². The number of hydrogen-bond acceptors (Lipinski definition) is 3. The standard InChI is InChI=1S/C27H23ClN2O2S/c28-22-7-5-6-20(16-22)18-30-23-8-1-2-9-24(23)33-25(27(30)32)17-19-10-12-21(13-11-19)26(31)29-14-3-4-15-29/h1-2,5-13,16-17H,3-4,14-15,18H2. The summed E-state index contributed by atoms with van der Waals surface area (Å²) in [5, 5.41) is 0.652. The fourth-order valence-electron chi connectivity index (χ4n) is 4.21. The Morgan fingerprint density at radius 1 is 0.970 bits per heavy atom. The van der Waals surface area contributed by atoms with Crippen molar-refractivity contribution in [2.45, 2.75) is 24.3 Å². The minimum absolute atomic E-state index is 0.0455. The molecule has 5 rings (SSSR count). The summed E-state index contributed by atoms with van der Waals surface area (Å²) in [7, 11) is 0. The average molecular weight is 475 g/mol. The van der Waals surface area contributed by atoms with Crippen molar-refractivity contribution in [3.05, 3.63) is 99.4 Å².